The summed E-state index contributed by atoms with van der Waals surface area (Å²) < 4.78 is 0. The lowest BCUT2D eigenvalue weighted by Crippen LogP contribution is -2.44. The average molecular weight is 446 g/mol. The second kappa shape index (κ2) is 8.87. The molecule has 0 unspecified atom stereocenters. The van der Waals surface area contributed by atoms with Crippen molar-refractivity contribution >= 4 is 23.2 Å². The van der Waals surface area contributed by atoms with Gasteiger partial charge in [0.05, 0.1) is 17.1 Å². The number of hydrogen-bond acceptors (Lipinski definition) is 4. The molecule has 2 aliphatic heterocycles. The van der Waals surface area contributed by atoms with E-state index in [1.807, 2.05) is 48.2 Å². The van der Waals surface area contributed by atoms with E-state index in [0.717, 1.165) is 58.2 Å². The van der Waals surface area contributed by atoms with Crippen molar-refractivity contribution in [3.63, 3.8) is 0 Å². The highest BCUT2D eigenvalue weighted by Gasteiger charge is 2.34. The summed E-state index contributed by atoms with van der Waals surface area (Å²) in [7, 11) is 0. The van der Waals surface area contributed by atoms with Gasteiger partial charge in [-0.05, 0) is 37.3 Å². The minimum atomic E-state index is 0.0264. The molecule has 2 aromatic carbocycles. The quantitative estimate of drug-likeness (QED) is 0.646. The number of aryl methyl sites for hydroxylation is 1. The predicted octanol–water partition coefficient (Wildman–Crippen LogP) is 4.43. The number of nitrogens with one attached hydrogen (secondary N) is 1. The van der Waals surface area contributed by atoms with Crippen LogP contribution in [0.3, 0.4) is 0 Å². The fourth-order valence-electron chi connectivity index (χ4n) is 5.07. The van der Waals surface area contributed by atoms with Gasteiger partial charge in [0, 0.05) is 41.6 Å². The van der Waals surface area contributed by atoms with E-state index in [9.17, 15) is 9.59 Å². The maximum absolute atomic E-state index is 13.1. The highest BCUT2D eigenvalue weighted by molar-refractivity contribution is 7.12. The van der Waals surface area contributed by atoms with Gasteiger partial charge in [-0.2, -0.15) is 0 Å². The third-order valence-electron chi connectivity index (χ3n) is 6.71. The van der Waals surface area contributed by atoms with Gasteiger partial charge >= 0.3 is 0 Å². The Kier molecular flexibility index (Phi) is 5.79. The van der Waals surface area contributed by atoms with Crippen LogP contribution < -0.4 is 5.32 Å². The first-order chi connectivity index (χ1) is 15.6. The van der Waals surface area contributed by atoms with Crippen molar-refractivity contribution in [1.29, 1.82) is 0 Å². The fraction of sp³-hybridized carbons (Fsp3) is 0.346. The number of piperidine rings is 1. The monoisotopic (exact) mass is 445 g/mol. The Balaban J connectivity index is 1.25. The van der Waals surface area contributed by atoms with E-state index >= 15 is 0 Å². The van der Waals surface area contributed by atoms with E-state index in [2.05, 4.69) is 23.5 Å². The lowest BCUT2D eigenvalue weighted by molar-refractivity contribution is -0.131. The molecular formula is C26H27N3O2S. The van der Waals surface area contributed by atoms with Crippen LogP contribution in [-0.2, 0) is 11.2 Å². The second-order valence-corrected chi connectivity index (χ2v) is 9.96. The van der Waals surface area contributed by atoms with Crippen LogP contribution in [0.15, 0.2) is 54.6 Å². The summed E-state index contributed by atoms with van der Waals surface area (Å²) in [5.74, 6) is 1.02. The van der Waals surface area contributed by atoms with Crippen LogP contribution >= 0.6 is 11.3 Å². The molecule has 1 atom stereocenters. The number of hydrogen-bond donors (Lipinski definition) is 1. The van der Waals surface area contributed by atoms with Crippen molar-refractivity contribution in [2.45, 2.75) is 32.1 Å². The van der Waals surface area contributed by atoms with Crippen molar-refractivity contribution in [1.82, 2.24) is 15.2 Å². The highest BCUT2D eigenvalue weighted by atomic mass is 32.1. The number of rotatable bonds is 4. The molecule has 3 heterocycles. The summed E-state index contributed by atoms with van der Waals surface area (Å²) in [6.45, 7) is 4.23. The molecule has 164 valence electrons. The number of nitrogens with zero attached hydrogens (tertiary/aromatic N) is 2. The highest BCUT2D eigenvalue weighted by Crippen LogP contribution is 2.36. The zero-order valence-corrected chi connectivity index (χ0v) is 19.0. The summed E-state index contributed by atoms with van der Waals surface area (Å²) in [6, 6.07) is 18.1. The Bertz CT molecular complexity index is 1130. The molecule has 5 nitrogen and oxygen atoms in total. The lowest BCUT2D eigenvalue weighted by atomic mass is 9.76. The summed E-state index contributed by atoms with van der Waals surface area (Å²) >= 11 is 1.62. The Labute approximate surface area is 192 Å². The van der Waals surface area contributed by atoms with E-state index in [1.165, 1.54) is 0 Å². The van der Waals surface area contributed by atoms with Gasteiger partial charge in [0.25, 0.3) is 5.91 Å². The standard InChI is InChI=1S/C26H27N3O2S/c1-17-28-25(19-7-3-2-4-8-19)23(32-17)15-24(30)29-13-11-18(12-14-29)22-16-27-26(31)21-10-6-5-9-20(21)22/h2-10,18,22H,11-16H2,1H3,(H,27,31)/t22-/m1/s1. The zero-order valence-electron chi connectivity index (χ0n) is 18.2. The molecule has 1 fully saturated rings. The van der Waals surface area contributed by atoms with Crippen LogP contribution in [0, 0.1) is 12.8 Å². The third kappa shape index (κ3) is 4.07. The summed E-state index contributed by atoms with van der Waals surface area (Å²) in [6.07, 6.45) is 2.34. The molecular weight excluding hydrogens is 418 g/mol. The number of amides is 2. The normalized spacial score (nSPS) is 18.8. The molecule has 0 saturated carbocycles. The molecule has 0 radical (unpaired) electrons. The van der Waals surface area contributed by atoms with Gasteiger partial charge in [0.15, 0.2) is 0 Å². The molecule has 0 aliphatic carbocycles. The number of thiazole rings is 1. The summed E-state index contributed by atoms with van der Waals surface area (Å²) in [5.41, 5.74) is 3.96. The number of likely N-dealkylation sites (tertiary alicyclic amines) is 1. The molecule has 32 heavy (non-hydrogen) atoms. The van der Waals surface area contributed by atoms with Crippen molar-refractivity contribution in [2.24, 2.45) is 5.92 Å². The topological polar surface area (TPSA) is 62.3 Å². The summed E-state index contributed by atoms with van der Waals surface area (Å²) in [5, 5.41) is 4.04. The number of fused-ring (bicyclic) bond motifs is 1. The Hall–Kier alpha value is -2.99. The molecule has 6 heteroatoms. The van der Waals surface area contributed by atoms with Gasteiger partial charge in [-0.3, -0.25) is 9.59 Å². The molecule has 0 spiro atoms. The molecule has 0 bridgehead atoms. The largest absolute Gasteiger partial charge is 0.351 e. The zero-order chi connectivity index (χ0) is 22.1. The van der Waals surface area contributed by atoms with Crippen molar-refractivity contribution in [3.8, 4) is 11.3 Å². The minimum Gasteiger partial charge on any atom is -0.351 e. The molecule has 2 aliphatic rings. The van der Waals surface area contributed by atoms with Crippen LogP contribution in [0.25, 0.3) is 11.3 Å². The van der Waals surface area contributed by atoms with Crippen molar-refractivity contribution in [3.05, 3.63) is 75.6 Å². The molecule has 1 saturated heterocycles. The van der Waals surface area contributed by atoms with Gasteiger partial charge in [0.1, 0.15) is 0 Å². The maximum atomic E-state index is 13.1. The van der Waals surface area contributed by atoms with Gasteiger partial charge in [0.2, 0.25) is 5.91 Å². The van der Waals surface area contributed by atoms with Crippen LogP contribution in [-0.4, -0.2) is 41.3 Å². The minimum absolute atomic E-state index is 0.0264. The Morgan fingerprint density at radius 1 is 1.09 bits per heavy atom. The Morgan fingerprint density at radius 3 is 2.59 bits per heavy atom. The van der Waals surface area contributed by atoms with E-state index < -0.39 is 0 Å². The molecule has 5 rings (SSSR count). The van der Waals surface area contributed by atoms with Gasteiger partial charge in [-0.1, -0.05) is 48.5 Å². The molecule has 3 aromatic rings. The van der Waals surface area contributed by atoms with Crippen LogP contribution in [0.1, 0.15) is 44.6 Å². The van der Waals surface area contributed by atoms with Gasteiger partial charge in [-0.25, -0.2) is 4.98 Å². The maximum Gasteiger partial charge on any atom is 0.251 e. The number of aromatic nitrogens is 1. The van der Waals surface area contributed by atoms with Gasteiger partial charge in [-0.15, -0.1) is 11.3 Å². The molecule has 1 aromatic heterocycles. The van der Waals surface area contributed by atoms with Crippen molar-refractivity contribution < 1.29 is 9.59 Å². The van der Waals surface area contributed by atoms with Crippen LogP contribution in [0.5, 0.6) is 0 Å². The first kappa shape index (κ1) is 20.9. The average Bonchev–Trinajstić information content (AvgIpc) is 3.20. The van der Waals surface area contributed by atoms with Crippen LogP contribution in [0.2, 0.25) is 0 Å². The first-order valence-electron chi connectivity index (χ1n) is 11.3. The van der Waals surface area contributed by atoms with E-state index in [-0.39, 0.29) is 11.8 Å². The first-order valence-corrected chi connectivity index (χ1v) is 12.1. The second-order valence-electron chi connectivity index (χ2n) is 8.67. The SMILES string of the molecule is Cc1nc(-c2ccccc2)c(CC(=O)N2CCC([C@H]3CNC(=O)c4ccccc43)CC2)s1. The fourth-order valence-corrected chi connectivity index (χ4v) is 6.02. The van der Waals surface area contributed by atoms with E-state index in [1.54, 1.807) is 11.3 Å². The molecule has 2 amide bonds. The number of carbonyl (C=O) groups excluding carboxylic acids is 2. The smallest absolute Gasteiger partial charge is 0.251 e. The lowest BCUT2D eigenvalue weighted by Gasteiger charge is -2.38. The summed E-state index contributed by atoms with van der Waals surface area (Å²) in [4.78, 5) is 33.1. The van der Waals surface area contributed by atoms with E-state index in [4.69, 9.17) is 4.98 Å². The van der Waals surface area contributed by atoms with Crippen molar-refractivity contribution in [2.75, 3.05) is 19.6 Å². The predicted molar refractivity (Wildman–Crippen MR) is 127 cm³/mol. The number of benzene rings is 2. The van der Waals surface area contributed by atoms with E-state index in [0.29, 0.717) is 24.8 Å². The van der Waals surface area contributed by atoms with Crippen LogP contribution in [0.4, 0.5) is 0 Å². The Morgan fingerprint density at radius 2 is 1.81 bits per heavy atom. The number of carbonyl (C=O) groups is 2. The molecule has 1 N–H and O–H groups in total. The van der Waals surface area contributed by atoms with Gasteiger partial charge < -0.3 is 10.2 Å². The third-order valence-corrected chi connectivity index (χ3v) is 7.68.